The summed E-state index contributed by atoms with van der Waals surface area (Å²) in [5, 5.41) is 0.339. The number of aromatic nitrogens is 2. The molecular formula is C12H16ClN3O. The Kier molecular flexibility index (Phi) is 3.62. The first-order valence-corrected chi connectivity index (χ1v) is 6.29. The summed E-state index contributed by atoms with van der Waals surface area (Å²) in [4.78, 5) is 22.4. The predicted molar refractivity (Wildman–Crippen MR) is 66.3 cm³/mol. The van der Waals surface area contributed by atoms with E-state index in [0.29, 0.717) is 16.5 Å². The summed E-state index contributed by atoms with van der Waals surface area (Å²) in [5.41, 5.74) is 0.340. The molecule has 1 amide bonds. The van der Waals surface area contributed by atoms with Gasteiger partial charge in [-0.25, -0.2) is 9.97 Å². The van der Waals surface area contributed by atoms with Gasteiger partial charge in [-0.1, -0.05) is 25.4 Å². The SMILES string of the molecule is CC(C)c1ncc(Cl)c(C(=O)N2CCCC2)n1. The molecule has 0 aliphatic carbocycles. The van der Waals surface area contributed by atoms with Crippen molar-refractivity contribution in [3.63, 3.8) is 0 Å². The quantitative estimate of drug-likeness (QED) is 0.814. The van der Waals surface area contributed by atoms with Gasteiger partial charge < -0.3 is 4.90 Å². The first-order valence-electron chi connectivity index (χ1n) is 5.91. The van der Waals surface area contributed by atoms with Crippen LogP contribution in [0, 0.1) is 0 Å². The maximum absolute atomic E-state index is 12.2. The summed E-state index contributed by atoms with van der Waals surface area (Å²) < 4.78 is 0. The molecule has 4 nitrogen and oxygen atoms in total. The third kappa shape index (κ3) is 2.57. The van der Waals surface area contributed by atoms with Gasteiger partial charge in [0.05, 0.1) is 11.2 Å². The fraction of sp³-hybridized carbons (Fsp3) is 0.583. The van der Waals surface area contributed by atoms with E-state index < -0.39 is 0 Å². The lowest BCUT2D eigenvalue weighted by Gasteiger charge is -2.16. The number of hydrogen-bond acceptors (Lipinski definition) is 3. The van der Waals surface area contributed by atoms with Crippen LogP contribution < -0.4 is 0 Å². The van der Waals surface area contributed by atoms with E-state index in [1.165, 1.54) is 6.20 Å². The van der Waals surface area contributed by atoms with Crippen molar-refractivity contribution in [1.29, 1.82) is 0 Å². The van der Waals surface area contributed by atoms with Crippen LogP contribution in [-0.2, 0) is 0 Å². The Morgan fingerprint density at radius 1 is 1.41 bits per heavy atom. The van der Waals surface area contributed by atoms with Gasteiger partial charge >= 0.3 is 0 Å². The zero-order valence-electron chi connectivity index (χ0n) is 10.1. The van der Waals surface area contributed by atoms with Crippen LogP contribution in [-0.4, -0.2) is 33.9 Å². The first-order chi connectivity index (χ1) is 8.09. The predicted octanol–water partition coefficient (Wildman–Crippen LogP) is 2.49. The summed E-state index contributed by atoms with van der Waals surface area (Å²) in [5.74, 6) is 0.783. The van der Waals surface area contributed by atoms with Gasteiger partial charge in [0.1, 0.15) is 5.82 Å². The van der Waals surface area contributed by atoms with E-state index >= 15 is 0 Å². The molecule has 2 heterocycles. The molecule has 1 aromatic rings. The second-order valence-electron chi connectivity index (χ2n) is 4.58. The van der Waals surface area contributed by atoms with Crippen LogP contribution in [0.5, 0.6) is 0 Å². The van der Waals surface area contributed by atoms with Crippen LogP contribution >= 0.6 is 11.6 Å². The van der Waals surface area contributed by atoms with Gasteiger partial charge in [0.25, 0.3) is 5.91 Å². The number of nitrogens with zero attached hydrogens (tertiary/aromatic N) is 3. The highest BCUT2D eigenvalue weighted by Gasteiger charge is 2.23. The largest absolute Gasteiger partial charge is 0.337 e. The second kappa shape index (κ2) is 5.00. The molecule has 0 radical (unpaired) electrons. The molecule has 2 rings (SSSR count). The van der Waals surface area contributed by atoms with E-state index in [9.17, 15) is 4.79 Å². The standard InChI is InChI=1S/C12H16ClN3O/c1-8(2)11-14-7-9(13)10(15-11)12(17)16-5-3-4-6-16/h7-8H,3-6H2,1-2H3. The lowest BCUT2D eigenvalue weighted by atomic mass is 10.2. The minimum atomic E-state index is -0.0724. The normalized spacial score (nSPS) is 15.6. The molecule has 0 N–H and O–H groups in total. The van der Waals surface area contributed by atoms with Gasteiger partial charge in [-0.05, 0) is 12.8 Å². The van der Waals surface area contributed by atoms with E-state index in [2.05, 4.69) is 9.97 Å². The van der Waals surface area contributed by atoms with Crippen molar-refractivity contribution in [3.05, 3.63) is 22.7 Å². The van der Waals surface area contributed by atoms with Gasteiger partial charge in [-0.15, -0.1) is 0 Å². The Hall–Kier alpha value is -1.16. The van der Waals surface area contributed by atoms with E-state index in [-0.39, 0.29) is 11.8 Å². The molecular weight excluding hydrogens is 238 g/mol. The summed E-state index contributed by atoms with van der Waals surface area (Å²) >= 11 is 6.00. The number of hydrogen-bond donors (Lipinski definition) is 0. The van der Waals surface area contributed by atoms with Crippen LogP contribution in [0.4, 0.5) is 0 Å². The molecule has 0 saturated carbocycles. The monoisotopic (exact) mass is 253 g/mol. The van der Waals surface area contributed by atoms with Gasteiger partial charge in [-0.2, -0.15) is 0 Å². The maximum Gasteiger partial charge on any atom is 0.274 e. The number of carbonyl (C=O) groups excluding carboxylic acids is 1. The zero-order chi connectivity index (χ0) is 12.4. The van der Waals surface area contributed by atoms with Gasteiger partial charge in [-0.3, -0.25) is 4.79 Å². The fourth-order valence-electron chi connectivity index (χ4n) is 1.88. The molecule has 17 heavy (non-hydrogen) atoms. The Bertz CT molecular complexity index is 428. The molecule has 0 atom stereocenters. The number of carbonyl (C=O) groups is 1. The van der Waals surface area contributed by atoms with Gasteiger partial charge in [0.2, 0.25) is 0 Å². The van der Waals surface area contributed by atoms with Crippen molar-refractivity contribution in [1.82, 2.24) is 14.9 Å². The lowest BCUT2D eigenvalue weighted by molar-refractivity contribution is 0.0786. The maximum atomic E-state index is 12.2. The molecule has 0 aromatic carbocycles. The molecule has 5 heteroatoms. The Balaban J connectivity index is 2.29. The van der Waals surface area contributed by atoms with Crippen molar-refractivity contribution in [2.75, 3.05) is 13.1 Å². The van der Waals surface area contributed by atoms with Crippen molar-refractivity contribution >= 4 is 17.5 Å². The van der Waals surface area contributed by atoms with E-state index in [4.69, 9.17) is 11.6 Å². The molecule has 1 saturated heterocycles. The zero-order valence-corrected chi connectivity index (χ0v) is 10.9. The highest BCUT2D eigenvalue weighted by molar-refractivity contribution is 6.33. The van der Waals surface area contributed by atoms with Gasteiger partial charge in [0.15, 0.2) is 5.69 Å². The lowest BCUT2D eigenvalue weighted by Crippen LogP contribution is -2.29. The topological polar surface area (TPSA) is 46.1 Å². The van der Waals surface area contributed by atoms with Crippen LogP contribution in [0.2, 0.25) is 5.02 Å². The smallest absolute Gasteiger partial charge is 0.274 e. The average molecular weight is 254 g/mol. The van der Waals surface area contributed by atoms with Crippen molar-refractivity contribution in [2.24, 2.45) is 0 Å². The minimum absolute atomic E-state index is 0.0724. The number of halogens is 1. The number of likely N-dealkylation sites (tertiary alicyclic amines) is 1. The third-order valence-corrected chi connectivity index (χ3v) is 3.15. The molecule has 92 valence electrons. The van der Waals surface area contributed by atoms with Crippen LogP contribution in [0.25, 0.3) is 0 Å². The van der Waals surface area contributed by atoms with Crippen LogP contribution in [0.1, 0.15) is 48.9 Å². The Morgan fingerprint density at radius 2 is 2.06 bits per heavy atom. The molecule has 1 aliphatic rings. The summed E-state index contributed by atoms with van der Waals surface area (Å²) in [6.45, 7) is 5.59. The third-order valence-electron chi connectivity index (χ3n) is 2.87. The van der Waals surface area contributed by atoms with E-state index in [0.717, 1.165) is 25.9 Å². The Labute approximate surface area is 106 Å². The van der Waals surface area contributed by atoms with Crippen LogP contribution in [0.3, 0.4) is 0 Å². The van der Waals surface area contributed by atoms with E-state index in [1.807, 2.05) is 13.8 Å². The average Bonchev–Trinajstić information content (AvgIpc) is 2.81. The summed E-state index contributed by atoms with van der Waals surface area (Å²) in [6, 6.07) is 0. The highest BCUT2D eigenvalue weighted by Crippen LogP contribution is 2.20. The highest BCUT2D eigenvalue weighted by atomic mass is 35.5. The van der Waals surface area contributed by atoms with E-state index in [1.54, 1.807) is 4.90 Å². The number of amides is 1. The van der Waals surface area contributed by atoms with Crippen molar-refractivity contribution in [2.45, 2.75) is 32.6 Å². The minimum Gasteiger partial charge on any atom is -0.337 e. The van der Waals surface area contributed by atoms with Crippen molar-refractivity contribution < 1.29 is 4.79 Å². The van der Waals surface area contributed by atoms with Crippen molar-refractivity contribution in [3.8, 4) is 0 Å². The fourth-order valence-corrected chi connectivity index (χ4v) is 2.05. The molecule has 1 aliphatic heterocycles. The second-order valence-corrected chi connectivity index (χ2v) is 4.99. The molecule has 1 fully saturated rings. The summed E-state index contributed by atoms with van der Waals surface area (Å²) in [6.07, 6.45) is 3.64. The van der Waals surface area contributed by atoms with Crippen LogP contribution in [0.15, 0.2) is 6.20 Å². The molecule has 0 bridgehead atoms. The summed E-state index contributed by atoms with van der Waals surface area (Å²) in [7, 11) is 0. The first kappa shape index (κ1) is 12.3. The molecule has 0 spiro atoms. The molecule has 0 unspecified atom stereocenters. The number of rotatable bonds is 2. The Morgan fingerprint density at radius 3 is 2.65 bits per heavy atom. The van der Waals surface area contributed by atoms with Gasteiger partial charge in [0, 0.05) is 19.0 Å². The molecule has 1 aromatic heterocycles.